The van der Waals surface area contributed by atoms with Crippen molar-refractivity contribution < 1.29 is 4.52 Å². The number of benzene rings is 1. The molecule has 18 heavy (non-hydrogen) atoms. The molecule has 0 saturated heterocycles. The summed E-state index contributed by atoms with van der Waals surface area (Å²) in [7, 11) is 1.91. The van der Waals surface area contributed by atoms with Crippen molar-refractivity contribution in [2.45, 2.75) is 32.1 Å². The highest BCUT2D eigenvalue weighted by atomic mass is 16.5. The van der Waals surface area contributed by atoms with Crippen LogP contribution in [-0.2, 0) is 0 Å². The van der Waals surface area contributed by atoms with E-state index in [1.807, 2.05) is 7.05 Å². The first-order chi connectivity index (χ1) is 8.70. The third-order valence-electron chi connectivity index (χ3n) is 3.93. The lowest BCUT2D eigenvalue weighted by molar-refractivity contribution is 0.407. The van der Waals surface area contributed by atoms with Gasteiger partial charge in [-0.3, -0.25) is 0 Å². The minimum Gasteiger partial charge on any atom is -0.384 e. The van der Waals surface area contributed by atoms with Crippen LogP contribution in [0.3, 0.4) is 0 Å². The van der Waals surface area contributed by atoms with Gasteiger partial charge in [-0.2, -0.15) is 0 Å². The molecule has 1 N–H and O–H groups in total. The number of anilines is 1. The van der Waals surface area contributed by atoms with Crippen LogP contribution in [0, 0.1) is 6.92 Å². The van der Waals surface area contributed by atoms with Crippen LogP contribution in [0.2, 0.25) is 0 Å². The molecule has 0 spiro atoms. The van der Waals surface area contributed by atoms with Gasteiger partial charge in [0.15, 0.2) is 0 Å². The average molecular weight is 242 g/mol. The fourth-order valence-corrected chi connectivity index (χ4v) is 2.99. The van der Waals surface area contributed by atoms with E-state index < -0.39 is 0 Å². The summed E-state index contributed by atoms with van der Waals surface area (Å²) in [6.45, 7) is 4.43. The Bertz CT molecular complexity index is 574. The smallest absolute Gasteiger partial charge is 0.147 e. The molecule has 1 heterocycles. The summed E-state index contributed by atoms with van der Waals surface area (Å²) in [5, 5.41) is 7.35. The normalized spacial score (nSPS) is 21.9. The van der Waals surface area contributed by atoms with E-state index in [9.17, 15) is 0 Å². The number of aromatic nitrogens is 1. The Balaban J connectivity index is 2.09. The Kier molecular flexibility index (Phi) is 2.62. The van der Waals surface area contributed by atoms with Crippen molar-refractivity contribution in [1.82, 2.24) is 5.16 Å². The first kappa shape index (κ1) is 11.3. The van der Waals surface area contributed by atoms with E-state index in [4.69, 9.17) is 4.52 Å². The lowest BCUT2D eigenvalue weighted by Crippen LogP contribution is -2.01. The van der Waals surface area contributed by atoms with Crippen LogP contribution in [0.25, 0.3) is 0 Å². The Morgan fingerprint density at radius 2 is 2.17 bits per heavy atom. The standard InChI is InChI=1S/C15H18N2O/c1-9-4-5-11-10(2)7-13(12(11)6-9)15-14(16-3)8-18-17-15/h4-6,8,10,13,16H,7H2,1-3H3. The maximum atomic E-state index is 5.12. The summed E-state index contributed by atoms with van der Waals surface area (Å²) in [6.07, 6.45) is 2.80. The zero-order chi connectivity index (χ0) is 12.7. The van der Waals surface area contributed by atoms with Crippen LogP contribution >= 0.6 is 0 Å². The van der Waals surface area contributed by atoms with Gasteiger partial charge in [0.1, 0.15) is 12.0 Å². The van der Waals surface area contributed by atoms with Crippen LogP contribution in [0.15, 0.2) is 29.0 Å². The predicted octanol–water partition coefficient (Wildman–Crippen LogP) is 3.66. The fraction of sp³-hybridized carbons (Fsp3) is 0.400. The van der Waals surface area contributed by atoms with Gasteiger partial charge in [0.2, 0.25) is 0 Å². The molecule has 0 amide bonds. The second-order valence-electron chi connectivity index (χ2n) is 5.19. The monoisotopic (exact) mass is 242 g/mol. The van der Waals surface area contributed by atoms with Gasteiger partial charge >= 0.3 is 0 Å². The van der Waals surface area contributed by atoms with Crippen molar-refractivity contribution in [1.29, 1.82) is 0 Å². The maximum Gasteiger partial charge on any atom is 0.147 e. The largest absolute Gasteiger partial charge is 0.384 e. The van der Waals surface area contributed by atoms with Gasteiger partial charge in [-0.25, -0.2) is 0 Å². The van der Waals surface area contributed by atoms with Crippen LogP contribution < -0.4 is 5.32 Å². The molecule has 1 aromatic heterocycles. The average Bonchev–Trinajstić information content (AvgIpc) is 2.93. The van der Waals surface area contributed by atoms with Gasteiger partial charge in [0.25, 0.3) is 0 Å². The molecule has 1 aliphatic carbocycles. The molecule has 3 rings (SSSR count). The van der Waals surface area contributed by atoms with E-state index in [0.717, 1.165) is 17.8 Å². The van der Waals surface area contributed by atoms with Crippen molar-refractivity contribution in [3.8, 4) is 0 Å². The molecule has 3 heteroatoms. The summed E-state index contributed by atoms with van der Waals surface area (Å²) in [5.74, 6) is 0.947. The van der Waals surface area contributed by atoms with Crippen LogP contribution in [0.1, 0.15) is 47.6 Å². The third-order valence-corrected chi connectivity index (χ3v) is 3.93. The number of aryl methyl sites for hydroxylation is 1. The van der Waals surface area contributed by atoms with Crippen LogP contribution in [0.5, 0.6) is 0 Å². The van der Waals surface area contributed by atoms with Gasteiger partial charge in [-0.15, -0.1) is 0 Å². The number of fused-ring (bicyclic) bond motifs is 1. The Morgan fingerprint density at radius 3 is 2.94 bits per heavy atom. The van der Waals surface area contributed by atoms with E-state index >= 15 is 0 Å². The van der Waals surface area contributed by atoms with Crippen LogP contribution in [0.4, 0.5) is 5.69 Å². The molecule has 0 bridgehead atoms. The minimum atomic E-state index is 0.357. The maximum absolute atomic E-state index is 5.12. The van der Waals surface area contributed by atoms with E-state index in [1.165, 1.54) is 16.7 Å². The van der Waals surface area contributed by atoms with Crippen molar-refractivity contribution in [2.75, 3.05) is 12.4 Å². The number of nitrogens with zero attached hydrogens (tertiary/aromatic N) is 1. The molecule has 94 valence electrons. The molecular weight excluding hydrogens is 224 g/mol. The second-order valence-corrected chi connectivity index (χ2v) is 5.19. The molecule has 0 saturated carbocycles. The molecular formula is C15H18N2O. The molecule has 2 atom stereocenters. The van der Waals surface area contributed by atoms with Gasteiger partial charge in [0, 0.05) is 13.0 Å². The SMILES string of the molecule is CNc1conc1C1CC(C)c2ccc(C)cc21. The zero-order valence-corrected chi connectivity index (χ0v) is 11.0. The van der Waals surface area contributed by atoms with E-state index in [-0.39, 0.29) is 0 Å². The number of hydrogen-bond donors (Lipinski definition) is 1. The molecule has 1 aliphatic rings. The van der Waals surface area contributed by atoms with Gasteiger partial charge in [-0.05, 0) is 30.4 Å². The highest BCUT2D eigenvalue weighted by Gasteiger charge is 2.32. The van der Waals surface area contributed by atoms with E-state index in [2.05, 4.69) is 42.5 Å². The van der Waals surface area contributed by atoms with Crippen LogP contribution in [-0.4, -0.2) is 12.2 Å². The molecule has 2 unspecified atom stereocenters. The molecule has 2 aromatic rings. The second kappa shape index (κ2) is 4.16. The summed E-state index contributed by atoms with van der Waals surface area (Å²) < 4.78 is 5.12. The molecule has 3 nitrogen and oxygen atoms in total. The van der Waals surface area contributed by atoms with Crippen molar-refractivity contribution in [2.24, 2.45) is 0 Å². The predicted molar refractivity (Wildman–Crippen MR) is 72.1 cm³/mol. The lowest BCUT2D eigenvalue weighted by Gasteiger charge is -2.10. The highest BCUT2D eigenvalue weighted by Crippen LogP contribution is 2.46. The Hall–Kier alpha value is -1.77. The molecule has 0 radical (unpaired) electrons. The minimum absolute atomic E-state index is 0.357. The van der Waals surface area contributed by atoms with Crippen molar-refractivity contribution in [3.63, 3.8) is 0 Å². The fourth-order valence-electron chi connectivity index (χ4n) is 2.99. The number of nitrogens with one attached hydrogen (secondary N) is 1. The van der Waals surface area contributed by atoms with Gasteiger partial charge < -0.3 is 9.84 Å². The highest BCUT2D eigenvalue weighted by molar-refractivity contribution is 5.53. The number of hydrogen-bond acceptors (Lipinski definition) is 3. The van der Waals surface area contributed by atoms with Gasteiger partial charge in [0.05, 0.1) is 5.69 Å². The van der Waals surface area contributed by atoms with Gasteiger partial charge in [-0.1, -0.05) is 35.8 Å². The molecule has 0 fully saturated rings. The third kappa shape index (κ3) is 1.62. The zero-order valence-electron chi connectivity index (χ0n) is 11.0. The summed E-state index contributed by atoms with van der Waals surface area (Å²) in [4.78, 5) is 0. The Morgan fingerprint density at radius 1 is 1.33 bits per heavy atom. The quantitative estimate of drug-likeness (QED) is 0.873. The topological polar surface area (TPSA) is 38.1 Å². The first-order valence-corrected chi connectivity index (χ1v) is 6.43. The number of rotatable bonds is 2. The van der Waals surface area contributed by atoms with E-state index in [1.54, 1.807) is 6.26 Å². The molecule has 1 aromatic carbocycles. The first-order valence-electron chi connectivity index (χ1n) is 6.43. The molecule has 0 aliphatic heterocycles. The van der Waals surface area contributed by atoms with Crippen molar-refractivity contribution in [3.05, 3.63) is 46.8 Å². The van der Waals surface area contributed by atoms with E-state index in [0.29, 0.717) is 11.8 Å². The summed E-state index contributed by atoms with van der Waals surface area (Å²) in [5.41, 5.74) is 6.21. The lowest BCUT2D eigenvalue weighted by atomic mass is 9.95. The summed E-state index contributed by atoms with van der Waals surface area (Å²) in [6, 6.07) is 6.74. The summed E-state index contributed by atoms with van der Waals surface area (Å²) >= 11 is 0. The van der Waals surface area contributed by atoms with Crippen molar-refractivity contribution >= 4 is 5.69 Å². The Labute approximate surface area is 107 Å².